The van der Waals surface area contributed by atoms with E-state index >= 15 is 0 Å². The number of nitro groups is 1. The van der Waals surface area contributed by atoms with Gasteiger partial charge >= 0.3 is 0 Å². The maximum atomic E-state index is 10.8. The van der Waals surface area contributed by atoms with Gasteiger partial charge in [0.25, 0.3) is 5.69 Å². The highest BCUT2D eigenvalue weighted by atomic mass is 32.2. The van der Waals surface area contributed by atoms with Crippen molar-refractivity contribution in [2.45, 2.75) is 49.2 Å². The van der Waals surface area contributed by atoms with E-state index in [1.165, 1.54) is 12.1 Å². The molecule has 2 aromatic carbocycles. The number of anilines is 2. The Balaban J connectivity index is 0.00000108. The van der Waals surface area contributed by atoms with Gasteiger partial charge in [0.05, 0.1) is 23.4 Å². The smallest absolute Gasteiger partial charge is 0.269 e. The third-order valence-corrected chi connectivity index (χ3v) is 6.26. The molecule has 0 aliphatic heterocycles. The molecule has 0 bridgehead atoms. The van der Waals surface area contributed by atoms with Crippen molar-refractivity contribution >= 4 is 29.1 Å². The van der Waals surface area contributed by atoms with Gasteiger partial charge in [0.1, 0.15) is 5.75 Å². The topological polar surface area (TPSA) is 160 Å². The maximum Gasteiger partial charge on any atom is 0.269 e. The summed E-state index contributed by atoms with van der Waals surface area (Å²) in [6, 6.07) is 13.8. The van der Waals surface area contributed by atoms with Crippen LogP contribution in [0, 0.1) is 10.1 Å². The quantitative estimate of drug-likeness (QED) is 0.117. The van der Waals surface area contributed by atoms with Crippen molar-refractivity contribution in [1.82, 2.24) is 10.2 Å². The average Bonchev–Trinajstić information content (AvgIpc) is 3.49. The molecule has 11 heteroatoms. The standard InChI is InChI=1S/C22H25N5O4S.C2H4O/c1-13(28)19-11-15(3-9-21(19)32-23)24-22-12-20(25-26-22)14-2-6-18(10-14)31-17-7-4-16(5-8-17)27(29)30;1-2-3/h3-5,7-9,11-14,18,28H,2,6,10,23H2,1H3,(H2,24,25,26);2-3H,1H2. The van der Waals surface area contributed by atoms with Gasteiger partial charge in [-0.25, -0.2) is 0 Å². The molecule has 1 aromatic heterocycles. The first-order valence-corrected chi connectivity index (χ1v) is 11.9. The lowest BCUT2D eigenvalue weighted by molar-refractivity contribution is -0.384. The van der Waals surface area contributed by atoms with E-state index in [9.17, 15) is 15.2 Å². The highest BCUT2D eigenvalue weighted by molar-refractivity contribution is 7.97. The molecular weight excluding hydrogens is 470 g/mol. The molecule has 3 aromatic rings. The number of H-pyrrole nitrogens is 1. The average molecular weight is 500 g/mol. The zero-order valence-electron chi connectivity index (χ0n) is 19.3. The van der Waals surface area contributed by atoms with Gasteiger partial charge in [0, 0.05) is 40.4 Å². The Morgan fingerprint density at radius 1 is 1.31 bits per heavy atom. The zero-order chi connectivity index (χ0) is 25.4. The van der Waals surface area contributed by atoms with E-state index in [0.29, 0.717) is 17.5 Å². The largest absolute Gasteiger partial charge is 0.516 e. The molecular formula is C24H29N5O5S. The third-order valence-electron chi connectivity index (χ3n) is 5.63. The van der Waals surface area contributed by atoms with Crippen LogP contribution in [-0.2, 0) is 0 Å². The number of nitrogens with zero attached hydrogens (tertiary/aromatic N) is 2. The van der Waals surface area contributed by atoms with Crippen LogP contribution in [-0.4, -0.2) is 31.4 Å². The number of ether oxygens (including phenoxy) is 1. The summed E-state index contributed by atoms with van der Waals surface area (Å²) in [4.78, 5) is 11.2. The van der Waals surface area contributed by atoms with Crippen LogP contribution in [0.4, 0.5) is 17.2 Å². The molecule has 3 atom stereocenters. The summed E-state index contributed by atoms with van der Waals surface area (Å²) in [6.07, 6.45) is 2.89. The summed E-state index contributed by atoms with van der Waals surface area (Å²) in [5.41, 5.74) is 2.67. The molecule has 1 fully saturated rings. The van der Waals surface area contributed by atoms with Crippen LogP contribution in [0.15, 0.2) is 66.3 Å². The molecule has 0 saturated heterocycles. The summed E-state index contributed by atoms with van der Waals surface area (Å²) < 4.78 is 6.01. The minimum Gasteiger partial charge on any atom is -0.516 e. The predicted octanol–water partition coefficient (Wildman–Crippen LogP) is 5.48. The van der Waals surface area contributed by atoms with Crippen LogP contribution in [0.5, 0.6) is 5.75 Å². The molecule has 0 amide bonds. The van der Waals surface area contributed by atoms with E-state index in [2.05, 4.69) is 22.1 Å². The highest BCUT2D eigenvalue weighted by Gasteiger charge is 2.29. The van der Waals surface area contributed by atoms with E-state index in [1.54, 1.807) is 19.1 Å². The van der Waals surface area contributed by atoms with E-state index in [4.69, 9.17) is 15.0 Å². The Bertz CT molecular complexity index is 1140. The van der Waals surface area contributed by atoms with Crippen molar-refractivity contribution in [2.24, 2.45) is 5.14 Å². The van der Waals surface area contributed by atoms with Crippen molar-refractivity contribution in [3.8, 4) is 5.75 Å². The number of nitrogens with two attached hydrogens (primary N) is 1. The van der Waals surface area contributed by atoms with Crippen molar-refractivity contribution < 1.29 is 19.9 Å². The maximum absolute atomic E-state index is 10.8. The van der Waals surface area contributed by atoms with Crippen LogP contribution in [0.3, 0.4) is 0 Å². The molecule has 3 unspecified atom stereocenters. The number of benzene rings is 2. The van der Waals surface area contributed by atoms with Crippen molar-refractivity contribution in [3.63, 3.8) is 0 Å². The Morgan fingerprint density at radius 3 is 2.66 bits per heavy atom. The van der Waals surface area contributed by atoms with E-state index < -0.39 is 11.0 Å². The number of non-ortho nitro benzene ring substituents is 1. The van der Waals surface area contributed by atoms with E-state index in [1.807, 2.05) is 24.3 Å². The van der Waals surface area contributed by atoms with E-state index in [-0.39, 0.29) is 11.8 Å². The molecule has 1 heterocycles. The molecule has 10 nitrogen and oxygen atoms in total. The van der Waals surface area contributed by atoms with Crippen molar-refractivity contribution in [3.05, 3.63) is 82.7 Å². The third kappa shape index (κ3) is 6.98. The Kier molecular flexibility index (Phi) is 9.12. The molecule has 1 saturated carbocycles. The summed E-state index contributed by atoms with van der Waals surface area (Å²) in [7, 11) is 0. The van der Waals surface area contributed by atoms with Crippen LogP contribution < -0.4 is 15.2 Å². The van der Waals surface area contributed by atoms with Gasteiger partial charge in [-0.05, 0) is 74.0 Å². The highest BCUT2D eigenvalue weighted by Crippen LogP contribution is 2.37. The number of hydrogen-bond donors (Lipinski definition) is 5. The van der Waals surface area contributed by atoms with Crippen LogP contribution in [0.1, 0.15) is 49.5 Å². The minimum atomic E-state index is -0.622. The number of rotatable bonds is 8. The number of aliphatic hydroxyl groups is 2. The molecule has 35 heavy (non-hydrogen) atoms. The molecule has 0 radical (unpaired) electrons. The van der Waals surface area contributed by atoms with Crippen molar-refractivity contribution in [2.75, 3.05) is 5.32 Å². The number of nitrogens with one attached hydrogen (secondary N) is 2. The Morgan fingerprint density at radius 2 is 2.03 bits per heavy atom. The van der Waals surface area contributed by atoms with Gasteiger partial charge in [-0.2, -0.15) is 5.10 Å². The monoisotopic (exact) mass is 499 g/mol. The second kappa shape index (κ2) is 12.2. The summed E-state index contributed by atoms with van der Waals surface area (Å²) in [6.45, 7) is 4.63. The van der Waals surface area contributed by atoms with Gasteiger partial charge < -0.3 is 20.3 Å². The zero-order valence-corrected chi connectivity index (χ0v) is 20.1. The lowest BCUT2D eigenvalue weighted by Gasteiger charge is -2.13. The van der Waals surface area contributed by atoms with Crippen LogP contribution in [0.25, 0.3) is 0 Å². The minimum absolute atomic E-state index is 0.0519. The SMILES string of the molecule is C=CO.CC(O)c1cc(Nc2cc(C3CCC(Oc4ccc([N+](=O)[O-])cc4)C3)[nH]n2)ccc1SN. The second-order valence-corrected chi connectivity index (χ2v) is 8.74. The fourth-order valence-corrected chi connectivity index (χ4v) is 4.50. The molecule has 1 aliphatic carbocycles. The Hall–Kier alpha value is -3.54. The first-order valence-electron chi connectivity index (χ1n) is 11.0. The number of aromatic nitrogens is 2. The molecule has 1 aliphatic rings. The Labute approximate surface area is 207 Å². The first-order chi connectivity index (χ1) is 16.8. The fourth-order valence-electron chi connectivity index (χ4n) is 3.99. The van der Waals surface area contributed by atoms with Crippen molar-refractivity contribution in [1.29, 1.82) is 0 Å². The second-order valence-electron chi connectivity index (χ2n) is 8.06. The molecule has 0 spiro atoms. The molecule has 4 rings (SSSR count). The number of nitro benzene ring substituents is 1. The van der Waals surface area contributed by atoms with Gasteiger partial charge in [0.15, 0.2) is 5.82 Å². The number of hydrogen-bond acceptors (Lipinski definition) is 9. The normalized spacial score (nSPS) is 17.7. The van der Waals surface area contributed by atoms with Gasteiger partial charge in [-0.1, -0.05) is 6.58 Å². The van der Waals surface area contributed by atoms with Crippen LogP contribution >= 0.6 is 11.9 Å². The van der Waals surface area contributed by atoms with Gasteiger partial charge in [-0.15, -0.1) is 0 Å². The van der Waals surface area contributed by atoms with Gasteiger partial charge in [-0.3, -0.25) is 20.4 Å². The summed E-state index contributed by atoms with van der Waals surface area (Å²) in [5.74, 6) is 1.63. The summed E-state index contributed by atoms with van der Waals surface area (Å²) in [5, 5.41) is 44.5. The molecule has 186 valence electrons. The summed E-state index contributed by atoms with van der Waals surface area (Å²) >= 11 is 1.11. The number of aromatic amines is 1. The lowest BCUT2D eigenvalue weighted by atomic mass is 10.0. The van der Waals surface area contributed by atoms with Gasteiger partial charge in [0.2, 0.25) is 0 Å². The van der Waals surface area contributed by atoms with E-state index in [0.717, 1.165) is 59.3 Å². The molecule has 6 N–H and O–H groups in total. The fraction of sp³-hybridized carbons (Fsp3) is 0.292. The first kappa shape index (κ1) is 26.1. The predicted molar refractivity (Wildman–Crippen MR) is 136 cm³/mol. The van der Waals surface area contributed by atoms with Crippen LogP contribution in [0.2, 0.25) is 0 Å². The number of aliphatic hydroxyl groups excluding tert-OH is 2. The lowest BCUT2D eigenvalue weighted by Crippen LogP contribution is -2.12.